The van der Waals surface area contributed by atoms with E-state index in [2.05, 4.69) is 5.32 Å². The summed E-state index contributed by atoms with van der Waals surface area (Å²) in [4.78, 5) is 27.8. The molecule has 1 atom stereocenters. The number of pyridine rings is 1. The number of ether oxygens (including phenoxy) is 1. The first-order valence-electron chi connectivity index (χ1n) is 9.08. The predicted octanol–water partition coefficient (Wildman–Crippen LogP) is 3.36. The summed E-state index contributed by atoms with van der Waals surface area (Å²) < 4.78 is 7.00. The maximum absolute atomic E-state index is 13.3. The summed E-state index contributed by atoms with van der Waals surface area (Å²) in [5, 5.41) is 3.47. The highest BCUT2D eigenvalue weighted by atomic mass is 35.5. The van der Waals surface area contributed by atoms with Gasteiger partial charge >= 0.3 is 0 Å². The van der Waals surface area contributed by atoms with Crippen molar-refractivity contribution in [2.75, 3.05) is 17.3 Å². The van der Waals surface area contributed by atoms with Crippen LogP contribution in [0.3, 0.4) is 0 Å². The molecular formula is C22H19ClN3O3+. The second kappa shape index (κ2) is 7.93. The Morgan fingerprint density at radius 3 is 2.52 bits per heavy atom. The van der Waals surface area contributed by atoms with Gasteiger partial charge in [0.05, 0.1) is 7.11 Å². The number of fused-ring (bicyclic) bond motifs is 1. The predicted molar refractivity (Wildman–Crippen MR) is 110 cm³/mol. The molecule has 146 valence electrons. The first-order valence-corrected chi connectivity index (χ1v) is 9.45. The highest BCUT2D eigenvalue weighted by molar-refractivity contribution is 6.30. The Hall–Kier alpha value is -3.38. The number of carbonyl (C=O) groups is 2. The van der Waals surface area contributed by atoms with Gasteiger partial charge in [0.1, 0.15) is 5.75 Å². The summed E-state index contributed by atoms with van der Waals surface area (Å²) in [5.74, 6) is 0.196. The normalized spacial score (nSPS) is 15.6. The highest BCUT2D eigenvalue weighted by Gasteiger charge is 2.43. The van der Waals surface area contributed by atoms with Crippen LogP contribution >= 0.6 is 11.6 Å². The average Bonchev–Trinajstić information content (AvgIpc) is 2.74. The van der Waals surface area contributed by atoms with Crippen molar-refractivity contribution in [1.82, 2.24) is 0 Å². The molecule has 0 fully saturated rings. The standard InChI is InChI=1S/C22H18ClN3O3/c1-29-18-11-9-17(10-12-18)26-20(27)14-25-13-3-2-4-19(25)21(26)22(28)24-16-7-5-15(23)6-8-16/h2-13,21H,14H2,1H3/p+1/t21-/m0/s1. The van der Waals surface area contributed by atoms with Gasteiger partial charge in [-0.05, 0) is 48.5 Å². The molecule has 1 N–H and O–H groups in total. The molecule has 7 heteroatoms. The Kier molecular flexibility index (Phi) is 5.18. The molecule has 0 saturated heterocycles. The Morgan fingerprint density at radius 1 is 1.10 bits per heavy atom. The number of methoxy groups -OCH3 is 1. The molecule has 2 aromatic carbocycles. The Balaban J connectivity index is 1.74. The van der Waals surface area contributed by atoms with E-state index in [-0.39, 0.29) is 18.4 Å². The van der Waals surface area contributed by atoms with Gasteiger partial charge in [-0.2, -0.15) is 4.57 Å². The van der Waals surface area contributed by atoms with E-state index in [0.717, 1.165) is 5.69 Å². The topological polar surface area (TPSA) is 62.5 Å². The third-order valence-corrected chi connectivity index (χ3v) is 5.05. The van der Waals surface area contributed by atoms with Crippen LogP contribution in [0.2, 0.25) is 5.02 Å². The van der Waals surface area contributed by atoms with Crippen LogP contribution in [0.4, 0.5) is 11.4 Å². The maximum Gasteiger partial charge on any atom is 0.294 e. The first kappa shape index (κ1) is 19.0. The van der Waals surface area contributed by atoms with Gasteiger partial charge in [0.15, 0.2) is 6.20 Å². The van der Waals surface area contributed by atoms with Crippen molar-refractivity contribution in [2.24, 2.45) is 0 Å². The number of anilines is 2. The quantitative estimate of drug-likeness (QED) is 0.673. The molecule has 29 heavy (non-hydrogen) atoms. The van der Waals surface area contributed by atoms with E-state index in [1.54, 1.807) is 66.4 Å². The lowest BCUT2D eigenvalue weighted by atomic mass is 10.0. The van der Waals surface area contributed by atoms with E-state index in [4.69, 9.17) is 16.3 Å². The molecule has 6 nitrogen and oxygen atoms in total. The van der Waals surface area contributed by atoms with E-state index < -0.39 is 6.04 Å². The van der Waals surface area contributed by atoms with Crippen LogP contribution in [-0.2, 0) is 16.1 Å². The zero-order valence-corrected chi connectivity index (χ0v) is 16.5. The second-order valence-corrected chi connectivity index (χ2v) is 7.05. The van der Waals surface area contributed by atoms with Gasteiger partial charge in [0.2, 0.25) is 18.3 Å². The molecule has 1 aliphatic rings. The molecule has 0 radical (unpaired) electrons. The minimum absolute atomic E-state index is 0.160. The summed E-state index contributed by atoms with van der Waals surface area (Å²) >= 11 is 5.93. The first-order chi connectivity index (χ1) is 14.1. The fourth-order valence-electron chi connectivity index (χ4n) is 3.41. The van der Waals surface area contributed by atoms with Crippen molar-refractivity contribution in [3.05, 3.63) is 83.6 Å². The number of aromatic nitrogens is 1. The number of halogens is 1. The average molecular weight is 409 g/mol. The van der Waals surface area contributed by atoms with Crippen LogP contribution < -0.4 is 19.5 Å². The third kappa shape index (κ3) is 3.79. The van der Waals surface area contributed by atoms with Crippen molar-refractivity contribution in [2.45, 2.75) is 12.6 Å². The lowest BCUT2D eigenvalue weighted by Gasteiger charge is -2.32. The minimum Gasteiger partial charge on any atom is -0.497 e. The van der Waals surface area contributed by atoms with Gasteiger partial charge in [0.25, 0.3) is 11.8 Å². The van der Waals surface area contributed by atoms with Gasteiger partial charge in [-0.15, -0.1) is 0 Å². The fourth-order valence-corrected chi connectivity index (χ4v) is 3.54. The Labute approximate surface area is 173 Å². The van der Waals surface area contributed by atoms with E-state index in [0.29, 0.717) is 22.1 Å². The van der Waals surface area contributed by atoms with Crippen molar-refractivity contribution < 1.29 is 18.9 Å². The Morgan fingerprint density at radius 2 is 1.83 bits per heavy atom. The summed E-state index contributed by atoms with van der Waals surface area (Å²) in [6, 6.07) is 18.7. The molecule has 4 rings (SSSR count). The zero-order chi connectivity index (χ0) is 20.4. The van der Waals surface area contributed by atoms with Crippen molar-refractivity contribution in [3.8, 4) is 5.75 Å². The summed E-state index contributed by atoms with van der Waals surface area (Å²) in [5.41, 5.74) is 1.96. The number of hydrogen-bond donors (Lipinski definition) is 1. The third-order valence-electron chi connectivity index (χ3n) is 4.80. The minimum atomic E-state index is -0.818. The SMILES string of the molecule is COc1ccc(N2C(=O)C[n+]3ccccc3[C@H]2C(=O)Nc2ccc(Cl)cc2)cc1. The number of hydrogen-bond acceptors (Lipinski definition) is 3. The molecule has 2 heterocycles. The molecular weight excluding hydrogens is 390 g/mol. The lowest BCUT2D eigenvalue weighted by molar-refractivity contribution is -0.695. The second-order valence-electron chi connectivity index (χ2n) is 6.61. The van der Waals surface area contributed by atoms with E-state index in [1.807, 2.05) is 18.2 Å². The lowest BCUT2D eigenvalue weighted by Crippen LogP contribution is -2.58. The number of rotatable bonds is 4. The highest BCUT2D eigenvalue weighted by Crippen LogP contribution is 2.31. The molecule has 3 aromatic rings. The monoisotopic (exact) mass is 408 g/mol. The van der Waals surface area contributed by atoms with Gasteiger partial charge in [-0.25, -0.2) is 0 Å². The van der Waals surface area contributed by atoms with E-state index in [9.17, 15) is 9.59 Å². The number of nitrogens with zero attached hydrogens (tertiary/aromatic N) is 2. The summed E-state index contributed by atoms with van der Waals surface area (Å²) in [6.45, 7) is 0.160. The molecule has 0 unspecified atom stereocenters. The van der Waals surface area contributed by atoms with E-state index in [1.165, 1.54) is 4.90 Å². The van der Waals surface area contributed by atoms with Gasteiger partial charge < -0.3 is 10.1 Å². The van der Waals surface area contributed by atoms with Crippen LogP contribution in [0.1, 0.15) is 11.7 Å². The molecule has 0 bridgehead atoms. The van der Waals surface area contributed by atoms with Crippen LogP contribution in [0.15, 0.2) is 72.9 Å². The van der Waals surface area contributed by atoms with Crippen LogP contribution in [-0.4, -0.2) is 18.9 Å². The summed E-state index contributed by atoms with van der Waals surface area (Å²) in [6.07, 6.45) is 1.81. The van der Waals surface area contributed by atoms with Gasteiger partial charge in [-0.1, -0.05) is 17.7 Å². The molecule has 1 aromatic heterocycles. The van der Waals surface area contributed by atoms with Crippen LogP contribution in [0.25, 0.3) is 0 Å². The van der Waals surface area contributed by atoms with Crippen molar-refractivity contribution >= 4 is 34.8 Å². The number of nitrogens with one attached hydrogen (secondary N) is 1. The van der Waals surface area contributed by atoms with Crippen molar-refractivity contribution in [3.63, 3.8) is 0 Å². The number of amides is 2. The zero-order valence-electron chi connectivity index (χ0n) is 15.7. The fraction of sp³-hybridized carbons (Fsp3) is 0.136. The maximum atomic E-state index is 13.3. The van der Waals surface area contributed by atoms with E-state index >= 15 is 0 Å². The number of carbonyl (C=O) groups excluding carboxylic acids is 2. The smallest absolute Gasteiger partial charge is 0.294 e. The molecule has 2 amide bonds. The van der Waals surface area contributed by atoms with Gasteiger partial charge in [0, 0.05) is 28.5 Å². The van der Waals surface area contributed by atoms with Crippen LogP contribution in [0.5, 0.6) is 5.75 Å². The molecule has 1 aliphatic heterocycles. The van der Waals surface area contributed by atoms with Crippen LogP contribution in [0, 0.1) is 0 Å². The molecule has 0 aliphatic carbocycles. The molecule has 0 spiro atoms. The number of benzene rings is 2. The van der Waals surface area contributed by atoms with Gasteiger partial charge in [-0.3, -0.25) is 14.5 Å². The van der Waals surface area contributed by atoms with Crippen molar-refractivity contribution in [1.29, 1.82) is 0 Å². The molecule has 0 saturated carbocycles. The Bertz CT molecular complexity index is 1050. The largest absolute Gasteiger partial charge is 0.497 e. The summed E-state index contributed by atoms with van der Waals surface area (Å²) in [7, 11) is 1.58.